The summed E-state index contributed by atoms with van der Waals surface area (Å²) >= 11 is 16.4. The summed E-state index contributed by atoms with van der Waals surface area (Å²) in [6.45, 7) is 2.81. The number of carbonyl (C=O) groups is 2. The quantitative estimate of drug-likeness (QED) is 0.248. The minimum absolute atomic E-state index is 0.161. The second kappa shape index (κ2) is 11.5. The van der Waals surface area contributed by atoms with Crippen LogP contribution in [0.1, 0.15) is 23.6 Å². The van der Waals surface area contributed by atoms with E-state index >= 15 is 0 Å². The molecular weight excluding hydrogens is 573 g/mol. The van der Waals surface area contributed by atoms with Crippen LogP contribution in [0.25, 0.3) is 6.08 Å². The van der Waals surface area contributed by atoms with Crippen molar-refractivity contribution in [3.63, 3.8) is 0 Å². The molecule has 3 aromatic carbocycles. The Hall–Kier alpha value is -2.45. The monoisotopic (exact) mass is 591 g/mol. The molecule has 1 saturated heterocycles. The highest BCUT2D eigenvalue weighted by molar-refractivity contribution is 9.10. The summed E-state index contributed by atoms with van der Waals surface area (Å²) in [7, 11) is 0. The highest BCUT2D eigenvalue weighted by Crippen LogP contribution is 2.40. The number of amides is 2. The zero-order valence-electron chi connectivity index (χ0n) is 18.6. The van der Waals surface area contributed by atoms with Gasteiger partial charge in [-0.05, 0) is 93.8 Å². The molecule has 1 fully saturated rings. The number of imide groups is 1. The van der Waals surface area contributed by atoms with Crippen LogP contribution in [0.15, 0.2) is 70.0 Å². The molecular formula is C26H20BrCl2NO4S. The minimum Gasteiger partial charge on any atom is -0.490 e. The van der Waals surface area contributed by atoms with Crippen molar-refractivity contribution in [1.29, 1.82) is 0 Å². The van der Waals surface area contributed by atoms with E-state index in [0.717, 1.165) is 22.9 Å². The lowest BCUT2D eigenvalue weighted by molar-refractivity contribution is -0.123. The maximum absolute atomic E-state index is 13.0. The van der Waals surface area contributed by atoms with E-state index in [1.165, 1.54) is 4.90 Å². The van der Waals surface area contributed by atoms with Crippen LogP contribution in [0.5, 0.6) is 11.5 Å². The Morgan fingerprint density at radius 3 is 2.46 bits per heavy atom. The average Bonchev–Trinajstić information content (AvgIpc) is 3.07. The van der Waals surface area contributed by atoms with Gasteiger partial charge in [0.15, 0.2) is 11.5 Å². The summed E-state index contributed by atoms with van der Waals surface area (Å²) < 4.78 is 12.5. The Balaban J connectivity index is 1.55. The van der Waals surface area contributed by atoms with Crippen molar-refractivity contribution in [3.05, 3.63) is 96.8 Å². The number of hydrogen-bond acceptors (Lipinski definition) is 5. The lowest BCUT2D eigenvalue weighted by atomic mass is 10.1. The van der Waals surface area contributed by atoms with Gasteiger partial charge in [-0.15, -0.1) is 0 Å². The topological polar surface area (TPSA) is 55.8 Å². The number of ether oxygens (including phenoxy) is 2. The van der Waals surface area contributed by atoms with Crippen LogP contribution in [-0.2, 0) is 17.9 Å². The second-order valence-electron chi connectivity index (χ2n) is 7.58. The van der Waals surface area contributed by atoms with Crippen molar-refractivity contribution in [1.82, 2.24) is 4.90 Å². The standard InChI is InChI=1S/C26H20BrCl2NO4S/c1-2-33-22-12-18(11-21(27)24(22)34-15-16-6-8-19(28)9-7-16)13-23-25(31)30(26(32)35-23)14-17-4-3-5-20(29)10-17/h3-13H,2,14-15H2,1H3/b23-13-. The fourth-order valence-corrected chi connectivity index (χ4v) is 5.17. The number of carbonyl (C=O) groups excluding carboxylic acids is 2. The molecule has 180 valence electrons. The molecule has 2 amide bonds. The van der Waals surface area contributed by atoms with E-state index in [1.807, 2.05) is 31.2 Å². The summed E-state index contributed by atoms with van der Waals surface area (Å²) in [5, 5.41) is 0.885. The van der Waals surface area contributed by atoms with E-state index in [1.54, 1.807) is 42.5 Å². The number of nitrogens with zero attached hydrogens (tertiary/aromatic N) is 1. The first-order valence-electron chi connectivity index (χ1n) is 10.7. The summed E-state index contributed by atoms with van der Waals surface area (Å²) in [4.78, 5) is 27.0. The molecule has 0 aromatic heterocycles. The van der Waals surface area contributed by atoms with Crippen LogP contribution in [-0.4, -0.2) is 22.7 Å². The summed E-state index contributed by atoms with van der Waals surface area (Å²) in [5.41, 5.74) is 2.44. The molecule has 4 rings (SSSR count). The third kappa shape index (κ3) is 6.41. The van der Waals surface area contributed by atoms with Crippen LogP contribution in [0.3, 0.4) is 0 Å². The molecule has 0 N–H and O–H groups in total. The van der Waals surface area contributed by atoms with Crippen LogP contribution in [0.2, 0.25) is 10.0 Å². The molecule has 0 saturated carbocycles. The van der Waals surface area contributed by atoms with E-state index in [4.69, 9.17) is 32.7 Å². The number of hydrogen-bond donors (Lipinski definition) is 0. The van der Waals surface area contributed by atoms with E-state index in [2.05, 4.69) is 15.9 Å². The van der Waals surface area contributed by atoms with Crippen LogP contribution in [0, 0.1) is 0 Å². The van der Waals surface area contributed by atoms with Gasteiger partial charge in [-0.3, -0.25) is 14.5 Å². The highest BCUT2D eigenvalue weighted by atomic mass is 79.9. The first kappa shape index (κ1) is 25.6. The van der Waals surface area contributed by atoms with Gasteiger partial charge in [0.1, 0.15) is 6.61 Å². The van der Waals surface area contributed by atoms with Crippen molar-refractivity contribution in [2.45, 2.75) is 20.1 Å². The van der Waals surface area contributed by atoms with Gasteiger partial charge < -0.3 is 9.47 Å². The van der Waals surface area contributed by atoms with Gasteiger partial charge in [0.2, 0.25) is 0 Å². The number of benzene rings is 3. The Labute approximate surface area is 226 Å². The molecule has 0 radical (unpaired) electrons. The Morgan fingerprint density at radius 1 is 0.971 bits per heavy atom. The van der Waals surface area contributed by atoms with Gasteiger partial charge in [-0.1, -0.05) is 47.5 Å². The lowest BCUT2D eigenvalue weighted by Gasteiger charge is -2.15. The smallest absolute Gasteiger partial charge is 0.293 e. The molecule has 35 heavy (non-hydrogen) atoms. The van der Waals surface area contributed by atoms with E-state index < -0.39 is 0 Å². The molecule has 1 aliphatic rings. The minimum atomic E-state index is -0.350. The van der Waals surface area contributed by atoms with Crippen LogP contribution >= 0.6 is 50.9 Å². The van der Waals surface area contributed by atoms with Crippen LogP contribution in [0.4, 0.5) is 4.79 Å². The average molecular weight is 593 g/mol. The predicted molar refractivity (Wildman–Crippen MR) is 144 cm³/mol. The molecule has 0 spiro atoms. The van der Waals surface area contributed by atoms with Crippen molar-refractivity contribution in [3.8, 4) is 11.5 Å². The fraction of sp³-hybridized carbons (Fsp3) is 0.154. The SMILES string of the molecule is CCOc1cc(/C=C2\SC(=O)N(Cc3cccc(Cl)c3)C2=O)cc(Br)c1OCc1ccc(Cl)cc1. The van der Waals surface area contributed by atoms with Crippen LogP contribution < -0.4 is 9.47 Å². The van der Waals surface area contributed by atoms with Crippen molar-refractivity contribution < 1.29 is 19.1 Å². The zero-order chi connectivity index (χ0) is 24.9. The number of halogens is 3. The molecule has 0 aliphatic carbocycles. The van der Waals surface area contributed by atoms with E-state index in [-0.39, 0.29) is 17.7 Å². The highest BCUT2D eigenvalue weighted by Gasteiger charge is 2.35. The maximum atomic E-state index is 13.0. The summed E-state index contributed by atoms with van der Waals surface area (Å²) in [5.74, 6) is 0.727. The number of thioether (sulfide) groups is 1. The second-order valence-corrected chi connectivity index (χ2v) is 10.3. The molecule has 9 heteroatoms. The van der Waals surface area contributed by atoms with Crippen molar-refractivity contribution in [2.75, 3.05) is 6.61 Å². The Morgan fingerprint density at radius 2 is 1.74 bits per heavy atom. The number of rotatable bonds is 8. The molecule has 5 nitrogen and oxygen atoms in total. The van der Waals surface area contributed by atoms with E-state index in [9.17, 15) is 9.59 Å². The summed E-state index contributed by atoms with van der Waals surface area (Å²) in [6, 6.07) is 18.1. The molecule has 0 bridgehead atoms. The lowest BCUT2D eigenvalue weighted by Crippen LogP contribution is -2.27. The van der Waals surface area contributed by atoms with Gasteiger partial charge in [-0.25, -0.2) is 0 Å². The van der Waals surface area contributed by atoms with Gasteiger partial charge >= 0.3 is 0 Å². The molecule has 0 atom stereocenters. The van der Waals surface area contributed by atoms with Crippen molar-refractivity contribution >= 4 is 68.1 Å². The Bertz CT molecular complexity index is 1300. The van der Waals surface area contributed by atoms with Gasteiger partial charge in [0, 0.05) is 10.0 Å². The van der Waals surface area contributed by atoms with E-state index in [0.29, 0.717) is 49.7 Å². The largest absolute Gasteiger partial charge is 0.490 e. The molecule has 1 aliphatic heterocycles. The molecule has 1 heterocycles. The van der Waals surface area contributed by atoms with Gasteiger partial charge in [0.05, 0.1) is 22.5 Å². The maximum Gasteiger partial charge on any atom is 0.293 e. The molecule has 0 unspecified atom stereocenters. The normalized spacial score (nSPS) is 14.6. The van der Waals surface area contributed by atoms with Crippen molar-refractivity contribution in [2.24, 2.45) is 0 Å². The third-order valence-corrected chi connectivity index (χ3v) is 7.01. The third-order valence-electron chi connectivity index (χ3n) is 5.03. The predicted octanol–water partition coefficient (Wildman–Crippen LogP) is 7.97. The van der Waals surface area contributed by atoms with Gasteiger partial charge in [-0.2, -0.15) is 0 Å². The van der Waals surface area contributed by atoms with Gasteiger partial charge in [0.25, 0.3) is 11.1 Å². The Kier molecular flexibility index (Phi) is 8.44. The first-order chi connectivity index (χ1) is 16.8. The summed E-state index contributed by atoms with van der Waals surface area (Å²) in [6.07, 6.45) is 1.68. The molecule has 3 aromatic rings. The first-order valence-corrected chi connectivity index (χ1v) is 13.0. The fourth-order valence-electron chi connectivity index (χ4n) is 3.42. The zero-order valence-corrected chi connectivity index (χ0v) is 22.5.